The summed E-state index contributed by atoms with van der Waals surface area (Å²) in [5.74, 6) is 0.396. The van der Waals surface area contributed by atoms with Gasteiger partial charge in [-0.15, -0.1) is 0 Å². The molecule has 3 nitrogen and oxygen atoms in total. The molecule has 0 aromatic heterocycles. The molecule has 0 fully saturated rings. The Labute approximate surface area is 112 Å². The Morgan fingerprint density at radius 3 is 2.28 bits per heavy atom. The second-order valence-electron chi connectivity index (χ2n) is 4.97. The quantitative estimate of drug-likeness (QED) is 0.468. The van der Waals surface area contributed by atoms with Crippen LogP contribution in [0.15, 0.2) is 12.2 Å². The van der Waals surface area contributed by atoms with Crippen LogP contribution in [0.4, 0.5) is 0 Å². The number of hydrogen-bond donors (Lipinski definition) is 0. The van der Waals surface area contributed by atoms with Gasteiger partial charge in [0.2, 0.25) is 0 Å². The Hall–Kier alpha value is -0.830. The van der Waals surface area contributed by atoms with E-state index in [0.717, 1.165) is 25.9 Å². The highest BCUT2D eigenvalue weighted by atomic mass is 16.5. The zero-order valence-electron chi connectivity index (χ0n) is 12.6. The molecule has 0 atom stereocenters. The van der Waals surface area contributed by atoms with E-state index in [9.17, 15) is 4.79 Å². The van der Waals surface area contributed by atoms with Crippen molar-refractivity contribution in [3.63, 3.8) is 0 Å². The van der Waals surface area contributed by atoms with Crippen LogP contribution in [0.3, 0.4) is 0 Å². The standard InChI is InChI=1S/C15H29NO2/c1-6-14(7-2)16(12-13(4)5)11-9-10-15(17)18-8-3/h9-10,13-14H,6-8,11-12H2,1-5H3/b10-9+. The van der Waals surface area contributed by atoms with Gasteiger partial charge in [-0.25, -0.2) is 4.79 Å². The number of carbonyl (C=O) groups excluding carboxylic acids is 1. The van der Waals surface area contributed by atoms with Crippen LogP contribution in [0.1, 0.15) is 47.5 Å². The lowest BCUT2D eigenvalue weighted by Gasteiger charge is -2.30. The summed E-state index contributed by atoms with van der Waals surface area (Å²) < 4.78 is 4.87. The van der Waals surface area contributed by atoms with Gasteiger partial charge in [0, 0.05) is 25.2 Å². The van der Waals surface area contributed by atoms with Crippen LogP contribution in [-0.4, -0.2) is 36.6 Å². The largest absolute Gasteiger partial charge is 0.463 e. The van der Waals surface area contributed by atoms with Gasteiger partial charge in [-0.3, -0.25) is 4.90 Å². The highest BCUT2D eigenvalue weighted by molar-refractivity contribution is 5.81. The summed E-state index contributed by atoms with van der Waals surface area (Å²) in [5.41, 5.74) is 0. The van der Waals surface area contributed by atoms with Gasteiger partial charge in [-0.2, -0.15) is 0 Å². The summed E-state index contributed by atoms with van der Waals surface area (Å²) in [7, 11) is 0. The van der Waals surface area contributed by atoms with E-state index in [1.165, 1.54) is 0 Å². The highest BCUT2D eigenvalue weighted by Gasteiger charge is 2.14. The predicted octanol–water partition coefficient (Wildman–Crippen LogP) is 3.25. The lowest BCUT2D eigenvalue weighted by Crippen LogP contribution is -2.37. The molecule has 0 unspecified atom stereocenters. The van der Waals surface area contributed by atoms with Gasteiger partial charge in [0.05, 0.1) is 6.61 Å². The average Bonchev–Trinajstić information content (AvgIpc) is 2.30. The third kappa shape index (κ3) is 7.49. The number of carbonyl (C=O) groups is 1. The van der Waals surface area contributed by atoms with E-state index in [1.54, 1.807) is 6.08 Å². The van der Waals surface area contributed by atoms with Crippen LogP contribution in [-0.2, 0) is 9.53 Å². The fourth-order valence-corrected chi connectivity index (χ4v) is 2.12. The molecule has 0 aliphatic heterocycles. The van der Waals surface area contributed by atoms with Crippen molar-refractivity contribution in [1.29, 1.82) is 0 Å². The molecular weight excluding hydrogens is 226 g/mol. The van der Waals surface area contributed by atoms with E-state index in [4.69, 9.17) is 4.74 Å². The first-order valence-corrected chi connectivity index (χ1v) is 7.12. The SMILES string of the molecule is CCOC(=O)/C=C/CN(CC(C)C)C(CC)CC. The van der Waals surface area contributed by atoms with Crippen molar-refractivity contribution < 1.29 is 9.53 Å². The molecular formula is C15H29NO2. The van der Waals surface area contributed by atoms with Crippen LogP contribution in [0.2, 0.25) is 0 Å². The smallest absolute Gasteiger partial charge is 0.330 e. The maximum absolute atomic E-state index is 11.2. The summed E-state index contributed by atoms with van der Waals surface area (Å²) in [5, 5.41) is 0. The zero-order valence-corrected chi connectivity index (χ0v) is 12.6. The fraction of sp³-hybridized carbons (Fsp3) is 0.800. The van der Waals surface area contributed by atoms with Crippen LogP contribution < -0.4 is 0 Å². The summed E-state index contributed by atoms with van der Waals surface area (Å²) in [4.78, 5) is 13.7. The van der Waals surface area contributed by atoms with E-state index >= 15 is 0 Å². The number of hydrogen-bond acceptors (Lipinski definition) is 3. The third-order valence-electron chi connectivity index (χ3n) is 2.94. The lowest BCUT2D eigenvalue weighted by molar-refractivity contribution is -0.137. The Morgan fingerprint density at radius 1 is 1.22 bits per heavy atom. The first-order chi connectivity index (χ1) is 8.54. The van der Waals surface area contributed by atoms with E-state index < -0.39 is 0 Å². The van der Waals surface area contributed by atoms with E-state index in [-0.39, 0.29) is 5.97 Å². The van der Waals surface area contributed by atoms with Crippen molar-refractivity contribution in [2.75, 3.05) is 19.7 Å². The van der Waals surface area contributed by atoms with Crippen molar-refractivity contribution >= 4 is 5.97 Å². The van der Waals surface area contributed by atoms with Crippen molar-refractivity contribution in [2.45, 2.75) is 53.5 Å². The number of nitrogens with zero attached hydrogens (tertiary/aromatic N) is 1. The van der Waals surface area contributed by atoms with Crippen molar-refractivity contribution in [3.8, 4) is 0 Å². The van der Waals surface area contributed by atoms with Crippen LogP contribution in [0.5, 0.6) is 0 Å². The maximum Gasteiger partial charge on any atom is 0.330 e. The monoisotopic (exact) mass is 255 g/mol. The number of esters is 1. The summed E-state index contributed by atoms with van der Waals surface area (Å²) in [6.07, 6.45) is 5.75. The van der Waals surface area contributed by atoms with Crippen LogP contribution in [0, 0.1) is 5.92 Å². The normalized spacial score (nSPS) is 12.0. The molecule has 0 bridgehead atoms. The molecule has 0 aromatic rings. The van der Waals surface area contributed by atoms with Crippen molar-refractivity contribution in [3.05, 3.63) is 12.2 Å². The van der Waals surface area contributed by atoms with Gasteiger partial charge in [0.25, 0.3) is 0 Å². The molecule has 3 heteroatoms. The second-order valence-corrected chi connectivity index (χ2v) is 4.97. The average molecular weight is 255 g/mol. The third-order valence-corrected chi connectivity index (χ3v) is 2.94. The maximum atomic E-state index is 11.2. The van der Waals surface area contributed by atoms with Gasteiger partial charge >= 0.3 is 5.97 Å². The molecule has 106 valence electrons. The van der Waals surface area contributed by atoms with Crippen molar-refractivity contribution in [1.82, 2.24) is 4.90 Å². The first kappa shape index (κ1) is 17.2. The molecule has 0 aliphatic rings. The van der Waals surface area contributed by atoms with Gasteiger partial charge in [-0.1, -0.05) is 33.8 Å². The molecule has 0 N–H and O–H groups in total. The summed E-state index contributed by atoms with van der Waals surface area (Å²) >= 11 is 0. The summed E-state index contributed by atoms with van der Waals surface area (Å²) in [6, 6.07) is 0.597. The first-order valence-electron chi connectivity index (χ1n) is 7.12. The zero-order chi connectivity index (χ0) is 14.0. The van der Waals surface area contributed by atoms with Gasteiger partial charge in [-0.05, 0) is 25.7 Å². The van der Waals surface area contributed by atoms with Crippen LogP contribution >= 0.6 is 0 Å². The van der Waals surface area contributed by atoms with Gasteiger partial charge < -0.3 is 4.74 Å². The Kier molecular flexibility index (Phi) is 9.66. The molecule has 0 amide bonds. The second kappa shape index (κ2) is 10.1. The van der Waals surface area contributed by atoms with Gasteiger partial charge in [0.1, 0.15) is 0 Å². The summed E-state index contributed by atoms with van der Waals surface area (Å²) in [6.45, 7) is 13.0. The number of rotatable bonds is 9. The topological polar surface area (TPSA) is 29.5 Å². The van der Waals surface area contributed by atoms with Crippen molar-refractivity contribution in [2.24, 2.45) is 5.92 Å². The molecule has 0 rings (SSSR count). The predicted molar refractivity (Wildman–Crippen MR) is 76.6 cm³/mol. The van der Waals surface area contributed by atoms with Crippen LogP contribution in [0.25, 0.3) is 0 Å². The molecule has 0 aromatic carbocycles. The molecule has 0 saturated carbocycles. The molecule has 0 radical (unpaired) electrons. The minimum atomic E-state index is -0.244. The highest BCUT2D eigenvalue weighted by Crippen LogP contribution is 2.11. The molecule has 0 aliphatic carbocycles. The minimum Gasteiger partial charge on any atom is -0.463 e. The fourth-order valence-electron chi connectivity index (χ4n) is 2.12. The minimum absolute atomic E-state index is 0.244. The molecule has 18 heavy (non-hydrogen) atoms. The Morgan fingerprint density at radius 2 is 1.83 bits per heavy atom. The molecule has 0 spiro atoms. The lowest BCUT2D eigenvalue weighted by atomic mass is 10.1. The van der Waals surface area contributed by atoms with E-state index in [0.29, 0.717) is 18.6 Å². The number of ether oxygens (including phenoxy) is 1. The van der Waals surface area contributed by atoms with E-state index in [2.05, 4.69) is 32.6 Å². The van der Waals surface area contributed by atoms with Gasteiger partial charge in [0.15, 0.2) is 0 Å². The Balaban J connectivity index is 4.35. The molecule has 0 saturated heterocycles. The van der Waals surface area contributed by atoms with E-state index in [1.807, 2.05) is 13.0 Å². The Bertz CT molecular complexity index is 245. The molecule has 0 heterocycles.